The second-order valence-electron chi connectivity index (χ2n) is 6.70. The molecule has 1 atom stereocenters. The van der Waals surface area contributed by atoms with Crippen molar-refractivity contribution in [2.24, 2.45) is 0 Å². The Morgan fingerprint density at radius 1 is 0.900 bits per heavy atom. The summed E-state index contributed by atoms with van der Waals surface area (Å²) in [6.45, 7) is 0.234. The van der Waals surface area contributed by atoms with E-state index in [2.05, 4.69) is 10.6 Å². The molecule has 0 saturated heterocycles. The second-order valence-corrected chi connectivity index (χ2v) is 7.13. The third-order valence-electron chi connectivity index (χ3n) is 4.63. The number of methoxy groups -OCH3 is 1. The maximum atomic E-state index is 12.6. The molecule has 0 aliphatic carbocycles. The fraction of sp³-hybridized carbons (Fsp3) is 0.167. The predicted octanol–water partition coefficient (Wildman–Crippen LogP) is 4.37. The summed E-state index contributed by atoms with van der Waals surface area (Å²) in [6, 6.07) is 23.6. The van der Waals surface area contributed by atoms with Gasteiger partial charge in [-0.3, -0.25) is 9.59 Å². The highest BCUT2D eigenvalue weighted by molar-refractivity contribution is 6.30. The van der Waals surface area contributed by atoms with Gasteiger partial charge in [-0.2, -0.15) is 0 Å². The average molecular weight is 423 g/mol. The standard InChI is InChI=1S/C24H23ClN2O3/c1-30-21-13-9-18(10-14-21)23(17-5-3-2-4-6-17)27-22(28)15-16-26-24(29)19-7-11-20(25)12-8-19/h2-14,23H,15-16H2,1H3,(H,26,29)(H,27,28). The molecule has 6 heteroatoms. The minimum Gasteiger partial charge on any atom is -0.497 e. The van der Waals surface area contributed by atoms with Crippen molar-refractivity contribution in [2.75, 3.05) is 13.7 Å². The Hall–Kier alpha value is -3.31. The van der Waals surface area contributed by atoms with Gasteiger partial charge in [0.25, 0.3) is 5.91 Å². The summed E-state index contributed by atoms with van der Waals surface area (Å²) in [7, 11) is 1.61. The minimum absolute atomic E-state index is 0.156. The van der Waals surface area contributed by atoms with Gasteiger partial charge in [0.05, 0.1) is 13.2 Å². The van der Waals surface area contributed by atoms with Gasteiger partial charge in [-0.15, -0.1) is 0 Å². The molecule has 2 N–H and O–H groups in total. The lowest BCUT2D eigenvalue weighted by molar-refractivity contribution is -0.121. The first-order chi connectivity index (χ1) is 14.6. The molecule has 0 fully saturated rings. The van der Waals surface area contributed by atoms with Crippen molar-refractivity contribution < 1.29 is 14.3 Å². The number of halogens is 1. The van der Waals surface area contributed by atoms with Crippen molar-refractivity contribution in [3.05, 3.63) is 101 Å². The van der Waals surface area contributed by atoms with Crippen LogP contribution in [0.15, 0.2) is 78.9 Å². The Morgan fingerprint density at radius 2 is 1.53 bits per heavy atom. The van der Waals surface area contributed by atoms with Gasteiger partial charge in [0.15, 0.2) is 0 Å². The zero-order valence-electron chi connectivity index (χ0n) is 16.6. The number of nitrogens with one attached hydrogen (secondary N) is 2. The van der Waals surface area contributed by atoms with Crippen LogP contribution in [0.5, 0.6) is 5.75 Å². The number of carbonyl (C=O) groups excluding carboxylic acids is 2. The van der Waals surface area contributed by atoms with Gasteiger partial charge in [0, 0.05) is 23.6 Å². The van der Waals surface area contributed by atoms with Crippen LogP contribution >= 0.6 is 11.6 Å². The molecule has 0 aliphatic heterocycles. The number of ether oxygens (including phenoxy) is 1. The van der Waals surface area contributed by atoms with E-state index in [0.717, 1.165) is 16.9 Å². The predicted molar refractivity (Wildman–Crippen MR) is 118 cm³/mol. The SMILES string of the molecule is COc1ccc(C(NC(=O)CCNC(=O)c2ccc(Cl)cc2)c2ccccc2)cc1. The summed E-state index contributed by atoms with van der Waals surface area (Å²) in [5.41, 5.74) is 2.42. The molecule has 0 bridgehead atoms. The molecule has 1 unspecified atom stereocenters. The largest absolute Gasteiger partial charge is 0.497 e. The Balaban J connectivity index is 1.61. The maximum absolute atomic E-state index is 12.6. The topological polar surface area (TPSA) is 67.4 Å². The summed E-state index contributed by atoms with van der Waals surface area (Å²) >= 11 is 5.84. The van der Waals surface area contributed by atoms with E-state index in [1.807, 2.05) is 54.6 Å². The van der Waals surface area contributed by atoms with E-state index in [9.17, 15) is 9.59 Å². The van der Waals surface area contributed by atoms with Crippen molar-refractivity contribution in [3.8, 4) is 5.75 Å². The molecule has 0 aromatic heterocycles. The highest BCUT2D eigenvalue weighted by Crippen LogP contribution is 2.24. The molecule has 0 radical (unpaired) electrons. The van der Waals surface area contributed by atoms with Gasteiger partial charge >= 0.3 is 0 Å². The highest BCUT2D eigenvalue weighted by atomic mass is 35.5. The zero-order valence-corrected chi connectivity index (χ0v) is 17.4. The smallest absolute Gasteiger partial charge is 0.251 e. The maximum Gasteiger partial charge on any atom is 0.251 e. The third kappa shape index (κ3) is 5.84. The van der Waals surface area contributed by atoms with Crippen molar-refractivity contribution in [3.63, 3.8) is 0 Å². The normalized spacial score (nSPS) is 11.4. The minimum atomic E-state index is -0.295. The molecule has 3 aromatic carbocycles. The fourth-order valence-electron chi connectivity index (χ4n) is 3.03. The molecule has 154 valence electrons. The quantitative estimate of drug-likeness (QED) is 0.566. The van der Waals surface area contributed by atoms with Crippen LogP contribution in [0.25, 0.3) is 0 Å². The molecule has 30 heavy (non-hydrogen) atoms. The molecular formula is C24H23ClN2O3. The second kappa shape index (κ2) is 10.5. The molecule has 2 amide bonds. The molecule has 0 heterocycles. The van der Waals surface area contributed by atoms with Crippen LogP contribution in [0, 0.1) is 0 Å². The number of hydrogen-bond donors (Lipinski definition) is 2. The van der Waals surface area contributed by atoms with Gasteiger partial charge in [0.1, 0.15) is 5.75 Å². The molecule has 0 spiro atoms. The van der Waals surface area contributed by atoms with Crippen LogP contribution in [0.1, 0.15) is 33.9 Å². The summed E-state index contributed by atoms with van der Waals surface area (Å²) in [5.74, 6) is 0.354. The number of amides is 2. The number of benzene rings is 3. The van der Waals surface area contributed by atoms with Crippen LogP contribution in [0.2, 0.25) is 5.02 Å². The van der Waals surface area contributed by atoms with Crippen molar-refractivity contribution in [1.82, 2.24) is 10.6 Å². The van der Waals surface area contributed by atoms with E-state index in [1.165, 1.54) is 0 Å². The van der Waals surface area contributed by atoms with Crippen molar-refractivity contribution in [2.45, 2.75) is 12.5 Å². The Labute approximate surface area is 181 Å². The first kappa shape index (κ1) is 21.4. The van der Waals surface area contributed by atoms with Crippen LogP contribution in [-0.2, 0) is 4.79 Å². The zero-order chi connectivity index (χ0) is 21.3. The molecule has 0 aliphatic rings. The van der Waals surface area contributed by atoms with E-state index in [1.54, 1.807) is 31.4 Å². The van der Waals surface area contributed by atoms with E-state index in [0.29, 0.717) is 10.6 Å². The molecule has 3 rings (SSSR count). The van der Waals surface area contributed by atoms with Gasteiger partial charge < -0.3 is 15.4 Å². The van der Waals surface area contributed by atoms with Crippen LogP contribution in [0.3, 0.4) is 0 Å². The van der Waals surface area contributed by atoms with Gasteiger partial charge in [0.2, 0.25) is 5.91 Å². The third-order valence-corrected chi connectivity index (χ3v) is 4.88. The van der Waals surface area contributed by atoms with Crippen LogP contribution in [-0.4, -0.2) is 25.5 Å². The summed E-state index contributed by atoms with van der Waals surface area (Å²) in [5, 5.41) is 6.38. The molecule has 5 nitrogen and oxygen atoms in total. The fourth-order valence-corrected chi connectivity index (χ4v) is 3.15. The summed E-state index contributed by atoms with van der Waals surface area (Å²) < 4.78 is 5.22. The van der Waals surface area contributed by atoms with Gasteiger partial charge in [-0.25, -0.2) is 0 Å². The number of hydrogen-bond acceptors (Lipinski definition) is 3. The number of rotatable bonds is 8. The highest BCUT2D eigenvalue weighted by Gasteiger charge is 2.17. The Morgan fingerprint density at radius 3 is 2.17 bits per heavy atom. The van der Waals surface area contributed by atoms with E-state index in [-0.39, 0.29) is 30.8 Å². The molecule has 0 saturated carbocycles. The van der Waals surface area contributed by atoms with Crippen molar-refractivity contribution >= 4 is 23.4 Å². The van der Waals surface area contributed by atoms with E-state index in [4.69, 9.17) is 16.3 Å². The lowest BCUT2D eigenvalue weighted by atomic mass is 9.98. The van der Waals surface area contributed by atoms with Gasteiger partial charge in [-0.1, -0.05) is 54.1 Å². The first-order valence-electron chi connectivity index (χ1n) is 9.59. The lowest BCUT2D eigenvalue weighted by Gasteiger charge is -2.20. The number of carbonyl (C=O) groups is 2. The monoisotopic (exact) mass is 422 g/mol. The van der Waals surface area contributed by atoms with E-state index >= 15 is 0 Å². The van der Waals surface area contributed by atoms with Gasteiger partial charge in [-0.05, 0) is 47.5 Å². The average Bonchev–Trinajstić information content (AvgIpc) is 2.78. The summed E-state index contributed by atoms with van der Waals surface area (Å²) in [4.78, 5) is 24.7. The molecular weight excluding hydrogens is 400 g/mol. The Bertz CT molecular complexity index is 974. The van der Waals surface area contributed by atoms with Crippen LogP contribution in [0.4, 0.5) is 0 Å². The molecule has 3 aromatic rings. The van der Waals surface area contributed by atoms with Crippen LogP contribution < -0.4 is 15.4 Å². The Kier molecular flexibility index (Phi) is 7.46. The summed E-state index contributed by atoms with van der Waals surface area (Å²) in [6.07, 6.45) is 0.165. The first-order valence-corrected chi connectivity index (χ1v) is 9.96. The van der Waals surface area contributed by atoms with Crippen molar-refractivity contribution in [1.29, 1.82) is 0 Å². The van der Waals surface area contributed by atoms with E-state index < -0.39 is 0 Å². The lowest BCUT2D eigenvalue weighted by Crippen LogP contribution is -2.33.